The highest BCUT2D eigenvalue weighted by Crippen LogP contribution is 2.37. The molecular weight excluding hydrogens is 306 g/mol. The molecule has 0 bridgehead atoms. The summed E-state index contributed by atoms with van der Waals surface area (Å²) in [4.78, 5) is 24.8. The van der Waals surface area contributed by atoms with Crippen LogP contribution < -0.4 is 0 Å². The number of ether oxygens (including phenoxy) is 1. The molecule has 118 valence electrons. The molecule has 1 aliphatic heterocycles. The van der Waals surface area contributed by atoms with Gasteiger partial charge < -0.3 is 14.7 Å². The van der Waals surface area contributed by atoms with Crippen molar-refractivity contribution in [1.82, 2.24) is 4.90 Å². The summed E-state index contributed by atoms with van der Waals surface area (Å²) >= 11 is 6.25. The van der Waals surface area contributed by atoms with Gasteiger partial charge in [-0.1, -0.05) is 36.4 Å². The third-order valence-corrected chi connectivity index (χ3v) is 4.10. The van der Waals surface area contributed by atoms with Gasteiger partial charge in [-0.05, 0) is 24.1 Å². The maximum atomic E-state index is 11.9. The first-order chi connectivity index (χ1) is 10.4. The zero-order valence-electron chi connectivity index (χ0n) is 12.3. The van der Waals surface area contributed by atoms with Gasteiger partial charge in [-0.2, -0.15) is 0 Å². The van der Waals surface area contributed by atoms with E-state index in [4.69, 9.17) is 16.3 Å². The Morgan fingerprint density at radius 1 is 1.50 bits per heavy atom. The number of nitrogens with zero attached hydrogens (tertiary/aromatic N) is 1. The van der Waals surface area contributed by atoms with E-state index in [2.05, 4.69) is 6.58 Å². The van der Waals surface area contributed by atoms with E-state index < -0.39 is 18.0 Å². The Hall–Kier alpha value is -2.01. The number of aryl methyl sites for hydroxylation is 1. The van der Waals surface area contributed by atoms with E-state index in [1.165, 1.54) is 11.0 Å². The molecule has 0 saturated carbocycles. The van der Waals surface area contributed by atoms with Gasteiger partial charge in [0.15, 0.2) is 0 Å². The number of halogens is 1. The van der Waals surface area contributed by atoms with Gasteiger partial charge in [0.1, 0.15) is 6.61 Å². The number of likely N-dealkylation sites (tertiary alicyclic amines) is 1. The molecule has 1 saturated heterocycles. The molecule has 0 aromatic heterocycles. The molecule has 5 nitrogen and oxygen atoms in total. The Balaban J connectivity index is 2.23. The number of carboxylic acids is 1. The van der Waals surface area contributed by atoms with Gasteiger partial charge in [-0.25, -0.2) is 4.79 Å². The average Bonchev–Trinajstić information content (AvgIpc) is 2.90. The normalized spacial score (nSPS) is 20.7. The van der Waals surface area contributed by atoms with Gasteiger partial charge >= 0.3 is 12.1 Å². The first-order valence-corrected chi connectivity index (χ1v) is 7.33. The number of carbonyl (C=O) groups is 2. The second kappa shape index (κ2) is 6.83. The smallest absolute Gasteiger partial charge is 0.410 e. The second-order valence-corrected chi connectivity index (χ2v) is 5.75. The summed E-state index contributed by atoms with van der Waals surface area (Å²) in [5.74, 6) is -1.99. The zero-order chi connectivity index (χ0) is 16.3. The molecule has 1 aromatic rings. The van der Waals surface area contributed by atoms with Crippen molar-refractivity contribution < 1.29 is 19.4 Å². The maximum absolute atomic E-state index is 11.9. The topological polar surface area (TPSA) is 66.8 Å². The molecule has 1 amide bonds. The van der Waals surface area contributed by atoms with E-state index >= 15 is 0 Å². The van der Waals surface area contributed by atoms with E-state index in [0.29, 0.717) is 5.02 Å². The highest BCUT2D eigenvalue weighted by atomic mass is 35.5. The molecule has 2 rings (SSSR count). The fourth-order valence-corrected chi connectivity index (χ4v) is 3.05. The Morgan fingerprint density at radius 2 is 2.23 bits per heavy atom. The number of carboxylic acid groups (broad SMARTS) is 1. The van der Waals surface area contributed by atoms with Crippen LogP contribution in [0.25, 0.3) is 0 Å². The molecule has 1 heterocycles. The molecule has 1 fully saturated rings. The number of hydrogen-bond donors (Lipinski definition) is 1. The minimum atomic E-state index is -0.944. The fraction of sp³-hybridized carbons (Fsp3) is 0.375. The largest absolute Gasteiger partial charge is 0.481 e. The van der Waals surface area contributed by atoms with Crippen LogP contribution >= 0.6 is 11.6 Å². The van der Waals surface area contributed by atoms with Crippen molar-refractivity contribution in [3.05, 3.63) is 47.0 Å². The number of carbonyl (C=O) groups excluding carboxylic acids is 1. The van der Waals surface area contributed by atoms with Crippen LogP contribution in [0.1, 0.15) is 17.0 Å². The molecule has 0 unspecified atom stereocenters. The second-order valence-electron chi connectivity index (χ2n) is 5.35. The van der Waals surface area contributed by atoms with Crippen molar-refractivity contribution in [1.29, 1.82) is 0 Å². The van der Waals surface area contributed by atoms with Crippen LogP contribution in [0.4, 0.5) is 4.79 Å². The molecule has 1 N–H and O–H groups in total. The third-order valence-electron chi connectivity index (χ3n) is 3.78. The lowest BCUT2D eigenvalue weighted by atomic mass is 9.88. The summed E-state index contributed by atoms with van der Waals surface area (Å²) in [6.07, 6.45) is 0.939. The molecule has 6 heteroatoms. The SMILES string of the molecule is C=CCOC(=O)N1C[C@@H](C(=O)O)[C@H](c2ccc(C)cc2Cl)C1. The number of hydrogen-bond acceptors (Lipinski definition) is 3. The summed E-state index contributed by atoms with van der Waals surface area (Å²) < 4.78 is 4.98. The van der Waals surface area contributed by atoms with Crippen LogP contribution in [-0.4, -0.2) is 41.8 Å². The van der Waals surface area contributed by atoms with Crippen LogP contribution in [-0.2, 0) is 9.53 Å². The van der Waals surface area contributed by atoms with Gasteiger partial charge in [-0.3, -0.25) is 4.79 Å². The molecule has 22 heavy (non-hydrogen) atoms. The van der Waals surface area contributed by atoms with Crippen LogP contribution in [0.15, 0.2) is 30.9 Å². The molecule has 0 spiro atoms. The molecule has 1 aromatic carbocycles. The summed E-state index contributed by atoms with van der Waals surface area (Å²) in [6, 6.07) is 5.52. The number of amides is 1. The zero-order valence-corrected chi connectivity index (χ0v) is 13.0. The van der Waals surface area contributed by atoms with Crippen LogP contribution in [0, 0.1) is 12.8 Å². The first kappa shape index (κ1) is 16.4. The fourth-order valence-electron chi connectivity index (χ4n) is 2.67. The number of rotatable bonds is 4. The Labute approximate surface area is 134 Å². The van der Waals surface area contributed by atoms with Gasteiger partial charge in [0.05, 0.1) is 5.92 Å². The highest BCUT2D eigenvalue weighted by molar-refractivity contribution is 6.31. The standard InChI is InChI=1S/C16H18ClNO4/c1-3-6-22-16(21)18-8-12(13(9-18)15(19)20)11-5-4-10(2)7-14(11)17/h3-5,7,12-13H,1,6,8-9H2,2H3,(H,19,20)/t12-,13+/m0/s1. The van der Waals surface area contributed by atoms with Crippen LogP contribution in [0.3, 0.4) is 0 Å². The van der Waals surface area contributed by atoms with Gasteiger partial charge in [0.25, 0.3) is 0 Å². The summed E-state index contributed by atoms with van der Waals surface area (Å²) in [6.45, 7) is 5.88. The van der Waals surface area contributed by atoms with Crippen molar-refractivity contribution in [3.8, 4) is 0 Å². The lowest BCUT2D eigenvalue weighted by Gasteiger charge is -2.17. The molecule has 0 radical (unpaired) electrons. The predicted molar refractivity (Wildman–Crippen MR) is 83.2 cm³/mol. The van der Waals surface area contributed by atoms with Crippen molar-refractivity contribution in [3.63, 3.8) is 0 Å². The van der Waals surface area contributed by atoms with E-state index in [-0.39, 0.29) is 25.6 Å². The lowest BCUT2D eigenvalue weighted by Crippen LogP contribution is -2.30. The summed E-state index contributed by atoms with van der Waals surface area (Å²) in [7, 11) is 0. The molecule has 2 atom stereocenters. The molecule has 0 aliphatic carbocycles. The minimum Gasteiger partial charge on any atom is -0.481 e. The van der Waals surface area contributed by atoms with E-state index in [1.807, 2.05) is 19.1 Å². The average molecular weight is 324 g/mol. The predicted octanol–water partition coefficient (Wildman–Crippen LogP) is 3.07. The van der Waals surface area contributed by atoms with Gasteiger partial charge in [0.2, 0.25) is 0 Å². The number of benzene rings is 1. The van der Waals surface area contributed by atoms with Crippen molar-refractivity contribution >= 4 is 23.7 Å². The maximum Gasteiger partial charge on any atom is 0.410 e. The number of aliphatic carboxylic acids is 1. The minimum absolute atomic E-state index is 0.100. The van der Waals surface area contributed by atoms with Crippen LogP contribution in [0.5, 0.6) is 0 Å². The monoisotopic (exact) mass is 323 g/mol. The van der Waals surface area contributed by atoms with Gasteiger partial charge in [-0.15, -0.1) is 0 Å². The van der Waals surface area contributed by atoms with Crippen LogP contribution in [0.2, 0.25) is 5.02 Å². The van der Waals surface area contributed by atoms with E-state index in [0.717, 1.165) is 11.1 Å². The summed E-state index contributed by atoms with van der Waals surface area (Å²) in [5, 5.41) is 9.95. The van der Waals surface area contributed by atoms with Crippen molar-refractivity contribution in [2.24, 2.45) is 5.92 Å². The Morgan fingerprint density at radius 3 is 2.82 bits per heavy atom. The quantitative estimate of drug-likeness (QED) is 0.865. The lowest BCUT2D eigenvalue weighted by molar-refractivity contribution is -0.141. The highest BCUT2D eigenvalue weighted by Gasteiger charge is 2.41. The van der Waals surface area contributed by atoms with E-state index in [1.54, 1.807) is 6.07 Å². The van der Waals surface area contributed by atoms with Crippen molar-refractivity contribution in [2.75, 3.05) is 19.7 Å². The molecular formula is C16H18ClNO4. The summed E-state index contributed by atoms with van der Waals surface area (Å²) in [5.41, 5.74) is 1.75. The van der Waals surface area contributed by atoms with Gasteiger partial charge in [0, 0.05) is 24.0 Å². The van der Waals surface area contributed by atoms with Crippen molar-refractivity contribution in [2.45, 2.75) is 12.8 Å². The van der Waals surface area contributed by atoms with E-state index in [9.17, 15) is 14.7 Å². The first-order valence-electron chi connectivity index (χ1n) is 6.95. The third kappa shape index (κ3) is 3.42. The molecule has 1 aliphatic rings. The Bertz CT molecular complexity index is 602. The Kier molecular flexibility index (Phi) is 5.08.